The van der Waals surface area contributed by atoms with Crippen LogP contribution in [0.4, 0.5) is 13.2 Å². The van der Waals surface area contributed by atoms with E-state index in [1.54, 1.807) is 12.3 Å². The van der Waals surface area contributed by atoms with Gasteiger partial charge in [0, 0.05) is 0 Å². The lowest BCUT2D eigenvalue weighted by atomic mass is 10.1. The summed E-state index contributed by atoms with van der Waals surface area (Å²) in [6, 6.07) is 6.10. The zero-order valence-corrected chi connectivity index (χ0v) is 12.9. The first kappa shape index (κ1) is 16.6. The second-order valence-electron chi connectivity index (χ2n) is 5.62. The van der Waals surface area contributed by atoms with Crippen molar-refractivity contribution in [1.29, 1.82) is 0 Å². The maximum atomic E-state index is 12.2. The summed E-state index contributed by atoms with van der Waals surface area (Å²) in [5, 5.41) is 7.60. The highest BCUT2D eigenvalue weighted by Gasteiger charge is 2.31. The van der Waals surface area contributed by atoms with Crippen LogP contribution in [-0.4, -0.2) is 29.2 Å². The Bertz CT molecular complexity index is 667. The van der Waals surface area contributed by atoms with Crippen LogP contribution >= 0.6 is 0 Å². The Balaban J connectivity index is 1.58. The van der Waals surface area contributed by atoms with Crippen LogP contribution in [0.3, 0.4) is 0 Å². The number of hydrogen-bond donors (Lipinski definition) is 1. The molecule has 1 aliphatic heterocycles. The normalized spacial score (nSPS) is 16.1. The van der Waals surface area contributed by atoms with Gasteiger partial charge >= 0.3 is 6.36 Å². The number of nitrogens with one attached hydrogen (secondary N) is 1. The predicted octanol–water partition coefficient (Wildman–Crippen LogP) is 3.29. The maximum Gasteiger partial charge on any atom is 0.573 e. The van der Waals surface area contributed by atoms with E-state index in [0.717, 1.165) is 25.9 Å². The summed E-state index contributed by atoms with van der Waals surface area (Å²) < 4.78 is 48.1. The van der Waals surface area contributed by atoms with Gasteiger partial charge in [0.25, 0.3) is 0 Å². The van der Waals surface area contributed by atoms with Crippen LogP contribution in [0.15, 0.2) is 36.7 Å². The molecule has 0 spiro atoms. The molecule has 1 aromatic heterocycles. The SMILES string of the molecule is FC(F)(F)Oc1cccc(COc2cnn(C3CCNCC3)c2)c1. The molecule has 3 rings (SSSR count). The quantitative estimate of drug-likeness (QED) is 0.907. The second kappa shape index (κ2) is 7.12. The monoisotopic (exact) mass is 341 g/mol. The Morgan fingerprint density at radius 1 is 1.21 bits per heavy atom. The van der Waals surface area contributed by atoms with Crippen molar-refractivity contribution in [2.75, 3.05) is 13.1 Å². The van der Waals surface area contributed by atoms with Crippen molar-refractivity contribution in [3.05, 3.63) is 42.2 Å². The number of nitrogens with zero attached hydrogens (tertiary/aromatic N) is 2. The molecular formula is C16H18F3N3O2. The molecule has 1 aliphatic rings. The lowest BCUT2D eigenvalue weighted by Gasteiger charge is -2.22. The minimum Gasteiger partial charge on any atom is -0.486 e. The van der Waals surface area contributed by atoms with Gasteiger partial charge in [-0.2, -0.15) is 5.10 Å². The fraction of sp³-hybridized carbons (Fsp3) is 0.438. The largest absolute Gasteiger partial charge is 0.573 e. The van der Waals surface area contributed by atoms with Crippen LogP contribution in [-0.2, 0) is 6.61 Å². The first-order chi connectivity index (χ1) is 11.5. The van der Waals surface area contributed by atoms with Crippen molar-refractivity contribution in [2.45, 2.75) is 31.9 Å². The van der Waals surface area contributed by atoms with E-state index in [9.17, 15) is 13.2 Å². The van der Waals surface area contributed by atoms with Crippen LogP contribution in [0.1, 0.15) is 24.4 Å². The summed E-state index contributed by atoms with van der Waals surface area (Å²) in [4.78, 5) is 0. The van der Waals surface area contributed by atoms with Crippen molar-refractivity contribution in [2.24, 2.45) is 0 Å². The summed E-state index contributed by atoms with van der Waals surface area (Å²) >= 11 is 0. The van der Waals surface area contributed by atoms with Gasteiger partial charge in [0.1, 0.15) is 12.4 Å². The lowest BCUT2D eigenvalue weighted by molar-refractivity contribution is -0.274. The third kappa shape index (κ3) is 4.64. The molecule has 1 N–H and O–H groups in total. The first-order valence-electron chi connectivity index (χ1n) is 7.72. The molecule has 8 heteroatoms. The van der Waals surface area contributed by atoms with Gasteiger partial charge in [-0.3, -0.25) is 4.68 Å². The van der Waals surface area contributed by atoms with Crippen molar-refractivity contribution < 1.29 is 22.6 Å². The highest BCUT2D eigenvalue weighted by Crippen LogP contribution is 2.24. The molecule has 0 radical (unpaired) electrons. The van der Waals surface area contributed by atoms with E-state index in [1.165, 1.54) is 18.2 Å². The number of hydrogen-bond acceptors (Lipinski definition) is 4. The van der Waals surface area contributed by atoms with Crippen molar-refractivity contribution in [3.63, 3.8) is 0 Å². The number of alkyl halides is 3. The van der Waals surface area contributed by atoms with E-state index in [1.807, 2.05) is 10.9 Å². The lowest BCUT2D eigenvalue weighted by Crippen LogP contribution is -2.29. The average molecular weight is 341 g/mol. The molecule has 0 atom stereocenters. The molecule has 0 saturated carbocycles. The molecule has 0 aliphatic carbocycles. The van der Waals surface area contributed by atoms with E-state index >= 15 is 0 Å². The predicted molar refractivity (Wildman–Crippen MR) is 80.8 cm³/mol. The molecule has 1 saturated heterocycles. The third-order valence-electron chi connectivity index (χ3n) is 3.80. The second-order valence-corrected chi connectivity index (χ2v) is 5.62. The molecule has 0 amide bonds. The van der Waals surface area contributed by atoms with E-state index in [2.05, 4.69) is 15.2 Å². The molecular weight excluding hydrogens is 323 g/mol. The Hall–Kier alpha value is -2.22. The topological polar surface area (TPSA) is 48.3 Å². The fourth-order valence-corrected chi connectivity index (χ4v) is 2.67. The van der Waals surface area contributed by atoms with Crippen LogP contribution < -0.4 is 14.8 Å². The van der Waals surface area contributed by atoms with E-state index in [0.29, 0.717) is 17.4 Å². The van der Waals surface area contributed by atoms with Gasteiger partial charge in [-0.25, -0.2) is 0 Å². The summed E-state index contributed by atoms with van der Waals surface area (Å²) in [6.07, 6.45) is 0.773. The van der Waals surface area contributed by atoms with Gasteiger partial charge in [-0.15, -0.1) is 13.2 Å². The van der Waals surface area contributed by atoms with Crippen molar-refractivity contribution in [1.82, 2.24) is 15.1 Å². The number of halogens is 3. The molecule has 130 valence electrons. The average Bonchev–Trinajstić information content (AvgIpc) is 3.01. The van der Waals surface area contributed by atoms with Gasteiger partial charge < -0.3 is 14.8 Å². The molecule has 0 unspecified atom stereocenters. The van der Waals surface area contributed by atoms with E-state index in [-0.39, 0.29) is 12.4 Å². The standard InChI is InChI=1S/C16H18F3N3O2/c17-16(18,19)24-14-3-1-2-12(8-14)11-23-15-9-21-22(10-15)13-4-6-20-7-5-13/h1-3,8-10,13,20H,4-7,11H2. The minimum atomic E-state index is -4.70. The Morgan fingerprint density at radius 3 is 2.75 bits per heavy atom. The van der Waals surface area contributed by atoms with E-state index < -0.39 is 6.36 Å². The number of piperidine rings is 1. The highest BCUT2D eigenvalue weighted by molar-refractivity contribution is 5.28. The molecule has 0 bridgehead atoms. The number of ether oxygens (including phenoxy) is 2. The minimum absolute atomic E-state index is 0.146. The molecule has 2 heterocycles. The Morgan fingerprint density at radius 2 is 2.00 bits per heavy atom. The summed E-state index contributed by atoms with van der Waals surface area (Å²) in [7, 11) is 0. The van der Waals surface area contributed by atoms with Crippen LogP contribution in [0, 0.1) is 0 Å². The van der Waals surface area contributed by atoms with Crippen LogP contribution in [0.2, 0.25) is 0 Å². The number of benzene rings is 1. The van der Waals surface area contributed by atoms with Crippen LogP contribution in [0.5, 0.6) is 11.5 Å². The smallest absolute Gasteiger partial charge is 0.486 e. The summed E-state index contributed by atoms with van der Waals surface area (Å²) in [6.45, 7) is 2.08. The van der Waals surface area contributed by atoms with Gasteiger partial charge in [-0.05, 0) is 43.6 Å². The van der Waals surface area contributed by atoms with E-state index in [4.69, 9.17) is 4.74 Å². The molecule has 5 nitrogen and oxygen atoms in total. The molecule has 1 fully saturated rings. The van der Waals surface area contributed by atoms with Crippen molar-refractivity contribution in [3.8, 4) is 11.5 Å². The summed E-state index contributed by atoms with van der Waals surface area (Å²) in [5.41, 5.74) is 0.589. The van der Waals surface area contributed by atoms with Gasteiger partial charge in [0.2, 0.25) is 0 Å². The molecule has 1 aromatic carbocycles. The van der Waals surface area contributed by atoms with Gasteiger partial charge in [-0.1, -0.05) is 12.1 Å². The Labute approximate surface area is 137 Å². The summed E-state index contributed by atoms with van der Waals surface area (Å²) in [5.74, 6) is 0.338. The highest BCUT2D eigenvalue weighted by atomic mass is 19.4. The first-order valence-corrected chi connectivity index (χ1v) is 7.72. The number of rotatable bonds is 5. The van der Waals surface area contributed by atoms with Gasteiger partial charge in [0.05, 0.1) is 18.4 Å². The Kier molecular flexibility index (Phi) is 4.94. The molecule has 2 aromatic rings. The zero-order valence-electron chi connectivity index (χ0n) is 12.9. The maximum absolute atomic E-state index is 12.2. The van der Waals surface area contributed by atoms with Crippen LogP contribution in [0.25, 0.3) is 0 Å². The number of aromatic nitrogens is 2. The van der Waals surface area contributed by atoms with Crippen molar-refractivity contribution >= 4 is 0 Å². The third-order valence-corrected chi connectivity index (χ3v) is 3.80. The van der Waals surface area contributed by atoms with Gasteiger partial charge in [0.15, 0.2) is 5.75 Å². The zero-order chi connectivity index (χ0) is 17.0. The molecule has 24 heavy (non-hydrogen) atoms. The fourth-order valence-electron chi connectivity index (χ4n) is 2.67.